The lowest BCUT2D eigenvalue weighted by molar-refractivity contribution is 0.204. The fourth-order valence-electron chi connectivity index (χ4n) is 4.00. The smallest absolute Gasteiger partial charge is 0.226 e. The summed E-state index contributed by atoms with van der Waals surface area (Å²) in [6, 6.07) is 3.93. The Kier molecular flexibility index (Phi) is 3.89. The van der Waals surface area contributed by atoms with Crippen molar-refractivity contribution < 1.29 is 4.74 Å². The molecule has 0 unspecified atom stereocenters. The highest BCUT2D eigenvalue weighted by atomic mass is 32.1. The van der Waals surface area contributed by atoms with E-state index in [1.807, 2.05) is 23.5 Å². The van der Waals surface area contributed by atoms with Gasteiger partial charge < -0.3 is 4.74 Å². The van der Waals surface area contributed by atoms with Crippen molar-refractivity contribution in [3.05, 3.63) is 35.0 Å². The van der Waals surface area contributed by atoms with Crippen molar-refractivity contribution in [2.75, 3.05) is 0 Å². The quantitative estimate of drug-likeness (QED) is 0.669. The van der Waals surface area contributed by atoms with E-state index in [9.17, 15) is 0 Å². The van der Waals surface area contributed by atoms with Gasteiger partial charge in [-0.2, -0.15) is 4.98 Å². The third kappa shape index (κ3) is 2.80. The Morgan fingerprint density at radius 3 is 2.60 bits per heavy atom. The van der Waals surface area contributed by atoms with Gasteiger partial charge in [-0.25, -0.2) is 4.98 Å². The zero-order valence-corrected chi connectivity index (χ0v) is 15.0. The Morgan fingerprint density at radius 2 is 1.76 bits per heavy atom. The van der Waals surface area contributed by atoms with Crippen molar-refractivity contribution >= 4 is 21.6 Å². The molecule has 0 amide bonds. The number of fused-ring (bicyclic) bond motifs is 3. The average molecular weight is 351 g/mol. The molecule has 4 nitrogen and oxygen atoms in total. The molecule has 3 heterocycles. The van der Waals surface area contributed by atoms with Crippen molar-refractivity contribution in [2.45, 2.75) is 57.5 Å². The molecule has 2 aliphatic rings. The van der Waals surface area contributed by atoms with Crippen molar-refractivity contribution in [3.63, 3.8) is 0 Å². The van der Waals surface area contributed by atoms with Crippen LogP contribution in [-0.4, -0.2) is 21.1 Å². The van der Waals surface area contributed by atoms with Crippen LogP contribution < -0.4 is 4.74 Å². The monoisotopic (exact) mass is 351 g/mol. The summed E-state index contributed by atoms with van der Waals surface area (Å²) >= 11 is 1.83. The molecule has 1 saturated carbocycles. The third-order valence-electron chi connectivity index (χ3n) is 5.30. The summed E-state index contributed by atoms with van der Waals surface area (Å²) in [4.78, 5) is 16.4. The van der Waals surface area contributed by atoms with Gasteiger partial charge in [-0.15, -0.1) is 11.3 Å². The van der Waals surface area contributed by atoms with E-state index in [2.05, 4.69) is 4.98 Å². The Labute approximate surface area is 151 Å². The second-order valence-electron chi connectivity index (χ2n) is 7.00. The summed E-state index contributed by atoms with van der Waals surface area (Å²) in [5.41, 5.74) is 2.44. The molecular weight excluding hydrogens is 330 g/mol. The molecule has 128 valence electrons. The molecule has 3 aromatic rings. The molecule has 25 heavy (non-hydrogen) atoms. The number of nitrogens with zero attached hydrogens (tertiary/aromatic N) is 3. The SMILES string of the molecule is c1cc(-c2nc(OC3CCCC3)c3c4c(sc3n2)CCCC4)ccn1. The first kappa shape index (κ1) is 15.3. The number of hydrogen-bond donors (Lipinski definition) is 0. The number of pyridine rings is 1. The van der Waals surface area contributed by atoms with Gasteiger partial charge in [-0.3, -0.25) is 4.98 Å². The van der Waals surface area contributed by atoms with Crippen molar-refractivity contribution in [1.29, 1.82) is 0 Å². The number of aryl methyl sites for hydroxylation is 2. The molecule has 0 saturated heterocycles. The standard InChI is InChI=1S/C20H21N3OS/c1-2-6-14(5-1)24-19-17-15-7-3-4-8-16(15)25-20(17)23-18(22-19)13-9-11-21-12-10-13/h9-12,14H,1-8H2. The summed E-state index contributed by atoms with van der Waals surface area (Å²) in [5, 5.41) is 1.18. The number of rotatable bonds is 3. The molecule has 1 fully saturated rings. The van der Waals surface area contributed by atoms with Gasteiger partial charge in [-0.1, -0.05) is 0 Å². The minimum atomic E-state index is 0.308. The molecule has 0 aromatic carbocycles. The number of aromatic nitrogens is 3. The van der Waals surface area contributed by atoms with Gasteiger partial charge in [0.25, 0.3) is 0 Å². The van der Waals surface area contributed by atoms with Crippen molar-refractivity contribution in [2.24, 2.45) is 0 Å². The van der Waals surface area contributed by atoms with Gasteiger partial charge in [0.1, 0.15) is 10.9 Å². The van der Waals surface area contributed by atoms with Crippen LogP contribution in [0.1, 0.15) is 49.0 Å². The predicted molar refractivity (Wildman–Crippen MR) is 100 cm³/mol. The molecule has 2 aliphatic carbocycles. The topological polar surface area (TPSA) is 47.9 Å². The van der Waals surface area contributed by atoms with E-state index >= 15 is 0 Å². The highest BCUT2D eigenvalue weighted by Crippen LogP contribution is 2.41. The van der Waals surface area contributed by atoms with Crippen molar-refractivity contribution in [1.82, 2.24) is 15.0 Å². The van der Waals surface area contributed by atoms with Crippen LogP contribution in [0.4, 0.5) is 0 Å². The fraction of sp³-hybridized carbons (Fsp3) is 0.450. The molecule has 5 rings (SSSR count). The normalized spacial score (nSPS) is 17.8. The van der Waals surface area contributed by atoms with E-state index in [-0.39, 0.29) is 0 Å². The van der Waals surface area contributed by atoms with Crippen LogP contribution in [-0.2, 0) is 12.8 Å². The maximum atomic E-state index is 6.42. The molecule has 5 heteroatoms. The highest BCUT2D eigenvalue weighted by Gasteiger charge is 2.25. The molecule has 3 aromatic heterocycles. The van der Waals surface area contributed by atoms with Crippen LogP contribution in [0.5, 0.6) is 5.88 Å². The van der Waals surface area contributed by atoms with Crippen molar-refractivity contribution in [3.8, 4) is 17.3 Å². The third-order valence-corrected chi connectivity index (χ3v) is 6.49. The van der Waals surface area contributed by atoms with Crippen LogP contribution in [0.2, 0.25) is 0 Å². The zero-order valence-electron chi connectivity index (χ0n) is 14.2. The first-order valence-electron chi connectivity index (χ1n) is 9.28. The van der Waals surface area contributed by atoms with Gasteiger partial charge in [-0.05, 0) is 69.1 Å². The molecule has 0 radical (unpaired) electrons. The summed E-state index contributed by atoms with van der Waals surface area (Å²) in [6.45, 7) is 0. The Hall–Kier alpha value is -2.01. The summed E-state index contributed by atoms with van der Waals surface area (Å²) in [7, 11) is 0. The maximum absolute atomic E-state index is 6.42. The van der Waals surface area contributed by atoms with Crippen LogP contribution in [0.3, 0.4) is 0 Å². The Bertz CT molecular complexity index is 900. The lowest BCUT2D eigenvalue weighted by atomic mass is 9.97. The van der Waals surface area contributed by atoms with Gasteiger partial charge in [0.15, 0.2) is 5.82 Å². The van der Waals surface area contributed by atoms with Crippen LogP contribution in [0, 0.1) is 0 Å². The highest BCUT2D eigenvalue weighted by molar-refractivity contribution is 7.18. The molecule has 0 bridgehead atoms. The Morgan fingerprint density at radius 1 is 0.960 bits per heavy atom. The minimum absolute atomic E-state index is 0.308. The maximum Gasteiger partial charge on any atom is 0.226 e. The number of ether oxygens (including phenoxy) is 1. The largest absolute Gasteiger partial charge is 0.474 e. The predicted octanol–water partition coefficient (Wildman–Crippen LogP) is 4.95. The number of thiophene rings is 1. The van der Waals surface area contributed by atoms with Gasteiger partial charge >= 0.3 is 0 Å². The van der Waals surface area contributed by atoms with E-state index in [0.717, 1.165) is 41.4 Å². The second-order valence-corrected chi connectivity index (χ2v) is 8.09. The van der Waals surface area contributed by atoms with E-state index in [4.69, 9.17) is 14.7 Å². The average Bonchev–Trinajstić information content (AvgIpc) is 3.29. The molecule has 0 aliphatic heterocycles. The second kappa shape index (κ2) is 6.37. The first-order valence-corrected chi connectivity index (χ1v) is 10.1. The first-order chi connectivity index (χ1) is 12.4. The van der Waals surface area contributed by atoms with E-state index in [1.165, 1.54) is 47.9 Å². The van der Waals surface area contributed by atoms with Gasteiger partial charge in [0.05, 0.1) is 5.39 Å². The van der Waals surface area contributed by atoms with Gasteiger partial charge in [0, 0.05) is 22.8 Å². The Balaban J connectivity index is 1.67. The summed E-state index contributed by atoms with van der Waals surface area (Å²) in [5.74, 6) is 1.56. The zero-order chi connectivity index (χ0) is 16.6. The lowest BCUT2D eigenvalue weighted by Crippen LogP contribution is -2.13. The molecule has 0 N–H and O–H groups in total. The van der Waals surface area contributed by atoms with Crippen LogP contribution in [0.25, 0.3) is 21.6 Å². The van der Waals surface area contributed by atoms with Crippen LogP contribution in [0.15, 0.2) is 24.5 Å². The fourth-order valence-corrected chi connectivity index (χ4v) is 5.26. The summed E-state index contributed by atoms with van der Waals surface area (Å²) in [6.07, 6.45) is 13.5. The number of hydrogen-bond acceptors (Lipinski definition) is 5. The molecule has 0 atom stereocenters. The lowest BCUT2D eigenvalue weighted by Gasteiger charge is -2.16. The minimum Gasteiger partial charge on any atom is -0.474 e. The van der Waals surface area contributed by atoms with E-state index in [1.54, 1.807) is 12.4 Å². The van der Waals surface area contributed by atoms with Gasteiger partial charge in [0.2, 0.25) is 5.88 Å². The van der Waals surface area contributed by atoms with Crippen LogP contribution >= 0.6 is 11.3 Å². The van der Waals surface area contributed by atoms with E-state index < -0.39 is 0 Å². The molecule has 0 spiro atoms. The van der Waals surface area contributed by atoms with E-state index in [0.29, 0.717) is 6.10 Å². The summed E-state index contributed by atoms with van der Waals surface area (Å²) < 4.78 is 6.42. The molecular formula is C20H21N3OS.